The van der Waals surface area contributed by atoms with Crippen LogP contribution in [0, 0.1) is 5.92 Å². The number of para-hydroxylation sites is 1. The van der Waals surface area contributed by atoms with E-state index in [0.717, 1.165) is 18.7 Å². The van der Waals surface area contributed by atoms with Gasteiger partial charge in [-0.05, 0) is 68.1 Å². The average Bonchev–Trinajstić information content (AvgIpc) is 3.30. The molecule has 1 fully saturated rings. The number of likely N-dealkylation sites (tertiary alicyclic amines) is 1. The molecule has 2 N–H and O–H groups in total. The van der Waals surface area contributed by atoms with Crippen molar-refractivity contribution in [3.05, 3.63) is 59.7 Å². The maximum Gasteiger partial charge on any atom is 0.255 e. The second-order valence-corrected chi connectivity index (χ2v) is 8.38. The zero-order chi connectivity index (χ0) is 22.2. The predicted molar refractivity (Wildman–Crippen MR) is 124 cm³/mol. The summed E-state index contributed by atoms with van der Waals surface area (Å²) in [5.41, 5.74) is 2.40. The molecule has 2 aromatic carbocycles. The molecule has 0 aromatic heterocycles. The summed E-state index contributed by atoms with van der Waals surface area (Å²) in [6, 6.07) is 14.3. The number of nitrogens with one attached hydrogen (secondary N) is 2. The van der Waals surface area contributed by atoms with E-state index < -0.39 is 6.04 Å². The maximum atomic E-state index is 12.9. The number of methoxy groups -OCH3 is 1. The standard InChI is InChI=1S/C25H33N3O3/c1-18(2)23(27-24(29)21-8-4-5-9-22(21)31-3)25(30)26-20-12-10-19(11-13-20)14-17-28-15-6-7-16-28/h4-5,8-13,18,23H,6-7,14-17H2,1-3H3,(H,26,30)(H,27,29). The van der Waals surface area contributed by atoms with Crippen LogP contribution in [0.2, 0.25) is 0 Å². The number of benzene rings is 2. The highest BCUT2D eigenvalue weighted by molar-refractivity contribution is 6.02. The van der Waals surface area contributed by atoms with Gasteiger partial charge in [-0.3, -0.25) is 9.59 Å². The summed E-state index contributed by atoms with van der Waals surface area (Å²) in [6.07, 6.45) is 3.61. The molecule has 1 aliphatic heterocycles. The van der Waals surface area contributed by atoms with E-state index in [4.69, 9.17) is 4.74 Å². The first kappa shape index (κ1) is 22.8. The van der Waals surface area contributed by atoms with Crippen LogP contribution in [-0.2, 0) is 11.2 Å². The van der Waals surface area contributed by atoms with E-state index >= 15 is 0 Å². The van der Waals surface area contributed by atoms with Gasteiger partial charge in [0.25, 0.3) is 5.91 Å². The van der Waals surface area contributed by atoms with Gasteiger partial charge in [0.1, 0.15) is 11.8 Å². The second-order valence-electron chi connectivity index (χ2n) is 8.38. The normalized spacial score (nSPS) is 15.0. The smallest absolute Gasteiger partial charge is 0.255 e. The van der Waals surface area contributed by atoms with Crippen LogP contribution < -0.4 is 15.4 Å². The predicted octanol–water partition coefficient (Wildman–Crippen LogP) is 3.73. The molecule has 166 valence electrons. The first-order valence-electron chi connectivity index (χ1n) is 11.0. The van der Waals surface area contributed by atoms with Crippen LogP contribution in [0.1, 0.15) is 42.6 Å². The highest BCUT2D eigenvalue weighted by Crippen LogP contribution is 2.18. The lowest BCUT2D eigenvalue weighted by Gasteiger charge is -2.22. The summed E-state index contributed by atoms with van der Waals surface area (Å²) >= 11 is 0. The van der Waals surface area contributed by atoms with Gasteiger partial charge in [-0.2, -0.15) is 0 Å². The Morgan fingerprint density at radius 2 is 1.71 bits per heavy atom. The highest BCUT2D eigenvalue weighted by Gasteiger charge is 2.26. The van der Waals surface area contributed by atoms with E-state index in [2.05, 4.69) is 27.7 Å². The molecule has 0 aliphatic carbocycles. The number of hydrogen-bond acceptors (Lipinski definition) is 4. The van der Waals surface area contributed by atoms with Gasteiger partial charge in [0, 0.05) is 12.2 Å². The minimum Gasteiger partial charge on any atom is -0.496 e. The van der Waals surface area contributed by atoms with Crippen LogP contribution in [0.25, 0.3) is 0 Å². The lowest BCUT2D eigenvalue weighted by atomic mass is 10.0. The first-order chi connectivity index (χ1) is 15.0. The van der Waals surface area contributed by atoms with E-state index in [1.54, 1.807) is 24.3 Å². The van der Waals surface area contributed by atoms with Crippen LogP contribution >= 0.6 is 0 Å². The molecule has 6 heteroatoms. The Morgan fingerprint density at radius 1 is 1.03 bits per heavy atom. The lowest BCUT2D eigenvalue weighted by Crippen LogP contribution is -2.47. The molecule has 2 amide bonds. The van der Waals surface area contributed by atoms with E-state index in [9.17, 15) is 9.59 Å². The summed E-state index contributed by atoms with van der Waals surface area (Å²) in [5.74, 6) is -0.155. The molecule has 1 saturated heterocycles. The monoisotopic (exact) mass is 423 g/mol. The SMILES string of the molecule is COc1ccccc1C(=O)NC(C(=O)Nc1ccc(CCN2CCCC2)cc1)C(C)C. The van der Waals surface area contributed by atoms with Crippen LogP contribution in [0.4, 0.5) is 5.69 Å². The van der Waals surface area contributed by atoms with Crippen molar-refractivity contribution in [2.45, 2.75) is 39.2 Å². The zero-order valence-corrected chi connectivity index (χ0v) is 18.7. The first-order valence-corrected chi connectivity index (χ1v) is 11.0. The third-order valence-corrected chi connectivity index (χ3v) is 5.72. The van der Waals surface area contributed by atoms with Crippen LogP contribution in [0.15, 0.2) is 48.5 Å². The van der Waals surface area contributed by atoms with Crippen molar-refractivity contribution in [1.82, 2.24) is 10.2 Å². The van der Waals surface area contributed by atoms with Gasteiger partial charge in [0.2, 0.25) is 5.91 Å². The highest BCUT2D eigenvalue weighted by atomic mass is 16.5. The van der Waals surface area contributed by atoms with Gasteiger partial charge in [0.05, 0.1) is 12.7 Å². The molecule has 3 rings (SSSR count). The molecule has 0 saturated carbocycles. The fourth-order valence-electron chi connectivity index (χ4n) is 3.85. The van der Waals surface area contributed by atoms with E-state index in [-0.39, 0.29) is 17.7 Å². The number of amides is 2. The topological polar surface area (TPSA) is 70.7 Å². The Kier molecular flexibility index (Phi) is 8.06. The molecule has 1 unspecified atom stereocenters. The van der Waals surface area contributed by atoms with Crippen molar-refractivity contribution in [2.75, 3.05) is 32.1 Å². The van der Waals surface area contributed by atoms with Crippen molar-refractivity contribution in [3.63, 3.8) is 0 Å². The summed E-state index contributed by atoms with van der Waals surface area (Å²) in [6.45, 7) is 7.30. The average molecular weight is 424 g/mol. The van der Waals surface area contributed by atoms with Crippen molar-refractivity contribution in [1.29, 1.82) is 0 Å². The van der Waals surface area contributed by atoms with Gasteiger partial charge in [0.15, 0.2) is 0 Å². The van der Waals surface area contributed by atoms with E-state index in [0.29, 0.717) is 11.3 Å². The number of nitrogens with zero attached hydrogens (tertiary/aromatic N) is 1. The number of rotatable bonds is 9. The maximum absolute atomic E-state index is 12.9. The summed E-state index contributed by atoms with van der Waals surface area (Å²) in [7, 11) is 1.52. The fourth-order valence-corrected chi connectivity index (χ4v) is 3.85. The van der Waals surface area contributed by atoms with Gasteiger partial charge < -0.3 is 20.3 Å². The third kappa shape index (κ3) is 6.31. The largest absolute Gasteiger partial charge is 0.496 e. The lowest BCUT2D eigenvalue weighted by molar-refractivity contribution is -0.118. The number of hydrogen-bond donors (Lipinski definition) is 2. The van der Waals surface area contributed by atoms with E-state index in [1.807, 2.05) is 26.0 Å². The van der Waals surface area contributed by atoms with E-state index in [1.165, 1.54) is 38.6 Å². The Balaban J connectivity index is 1.59. The van der Waals surface area contributed by atoms with Crippen molar-refractivity contribution in [2.24, 2.45) is 5.92 Å². The molecule has 1 atom stereocenters. The molecule has 31 heavy (non-hydrogen) atoms. The molecule has 6 nitrogen and oxygen atoms in total. The minimum absolute atomic E-state index is 0.0709. The molecular formula is C25H33N3O3. The third-order valence-electron chi connectivity index (χ3n) is 5.72. The number of ether oxygens (including phenoxy) is 1. The number of carbonyl (C=O) groups excluding carboxylic acids is 2. The second kappa shape index (κ2) is 11.0. The quantitative estimate of drug-likeness (QED) is 0.645. The van der Waals surface area contributed by atoms with Crippen molar-refractivity contribution < 1.29 is 14.3 Å². The van der Waals surface area contributed by atoms with Gasteiger partial charge in [-0.1, -0.05) is 38.1 Å². The summed E-state index contributed by atoms with van der Waals surface area (Å²) in [4.78, 5) is 28.1. The summed E-state index contributed by atoms with van der Waals surface area (Å²) in [5, 5.41) is 5.79. The molecule has 0 radical (unpaired) electrons. The Bertz CT molecular complexity index is 874. The molecule has 1 aliphatic rings. The van der Waals surface area contributed by atoms with Gasteiger partial charge >= 0.3 is 0 Å². The van der Waals surface area contributed by atoms with Crippen LogP contribution in [0.5, 0.6) is 5.75 Å². The van der Waals surface area contributed by atoms with Gasteiger partial charge in [-0.25, -0.2) is 0 Å². The Hall–Kier alpha value is -2.86. The Labute approximate surface area is 185 Å². The number of anilines is 1. The van der Waals surface area contributed by atoms with Crippen LogP contribution in [-0.4, -0.2) is 49.5 Å². The molecular weight excluding hydrogens is 390 g/mol. The minimum atomic E-state index is -0.660. The summed E-state index contributed by atoms with van der Waals surface area (Å²) < 4.78 is 5.26. The Morgan fingerprint density at radius 3 is 2.35 bits per heavy atom. The fraction of sp³-hybridized carbons (Fsp3) is 0.440. The molecule has 2 aromatic rings. The van der Waals surface area contributed by atoms with Crippen molar-refractivity contribution >= 4 is 17.5 Å². The zero-order valence-electron chi connectivity index (χ0n) is 18.7. The molecule has 0 spiro atoms. The molecule has 1 heterocycles. The molecule has 0 bridgehead atoms. The van der Waals surface area contributed by atoms with Crippen LogP contribution in [0.3, 0.4) is 0 Å². The van der Waals surface area contributed by atoms with Crippen molar-refractivity contribution in [3.8, 4) is 5.75 Å². The number of carbonyl (C=O) groups is 2. The van der Waals surface area contributed by atoms with Gasteiger partial charge in [-0.15, -0.1) is 0 Å².